The third-order valence-electron chi connectivity index (χ3n) is 7.39. The molecule has 0 heterocycles. The third kappa shape index (κ3) is 10.5. The predicted octanol–water partition coefficient (Wildman–Crippen LogP) is 7.02. The fourth-order valence-corrected chi connectivity index (χ4v) is 5.56. The second-order valence-electron chi connectivity index (χ2n) is 10.8. The molecule has 0 saturated heterocycles. The van der Waals surface area contributed by atoms with Crippen LogP contribution in [0, 0.1) is 24.7 Å². The van der Waals surface area contributed by atoms with Crippen molar-refractivity contribution in [3.63, 3.8) is 0 Å². The van der Waals surface area contributed by atoms with E-state index in [2.05, 4.69) is 27.7 Å². The van der Waals surface area contributed by atoms with Crippen molar-refractivity contribution in [2.24, 2.45) is 17.8 Å². The summed E-state index contributed by atoms with van der Waals surface area (Å²) in [5.74, 6) is 0.569. The highest BCUT2D eigenvalue weighted by Crippen LogP contribution is 2.37. The van der Waals surface area contributed by atoms with Crippen LogP contribution in [0.3, 0.4) is 0 Å². The summed E-state index contributed by atoms with van der Waals surface area (Å²) in [7, 11) is 0. The Hall–Kier alpha value is -2.43. The summed E-state index contributed by atoms with van der Waals surface area (Å²) >= 11 is 0. The van der Waals surface area contributed by atoms with E-state index in [9.17, 15) is 24.0 Å². The van der Waals surface area contributed by atoms with Crippen LogP contribution in [0.5, 0.6) is 0 Å². The molecule has 2 rings (SSSR count). The number of fused-ring (bicyclic) bond motifs is 1. The molecule has 206 valence electrons. The topological polar surface area (TPSA) is 85.3 Å². The van der Waals surface area contributed by atoms with E-state index in [-0.39, 0.29) is 60.0 Å². The molecule has 5 nitrogen and oxygen atoms in total. The highest BCUT2D eigenvalue weighted by Gasteiger charge is 2.32. The van der Waals surface area contributed by atoms with Crippen LogP contribution in [0.2, 0.25) is 0 Å². The Kier molecular flexibility index (Phi) is 14.5. The number of rotatable bonds is 14. The molecule has 0 amide bonds. The maximum atomic E-state index is 13.2. The van der Waals surface area contributed by atoms with Gasteiger partial charge in [-0.15, -0.1) is 0 Å². The van der Waals surface area contributed by atoms with Gasteiger partial charge >= 0.3 is 0 Å². The molecule has 2 unspecified atom stereocenters. The zero-order valence-electron chi connectivity index (χ0n) is 24.2. The predicted molar refractivity (Wildman–Crippen MR) is 149 cm³/mol. The van der Waals surface area contributed by atoms with Crippen LogP contribution in [0.15, 0.2) is 12.1 Å². The van der Waals surface area contributed by atoms with E-state index in [1.54, 1.807) is 6.92 Å². The van der Waals surface area contributed by atoms with Crippen LogP contribution in [-0.4, -0.2) is 28.9 Å². The first kappa shape index (κ1) is 32.6. The third-order valence-corrected chi connectivity index (χ3v) is 7.39. The molecule has 0 aliphatic heterocycles. The Balaban J connectivity index is 0.00000217. The summed E-state index contributed by atoms with van der Waals surface area (Å²) in [5.41, 5.74) is 3.42. The van der Waals surface area contributed by atoms with Gasteiger partial charge in [0.25, 0.3) is 0 Å². The van der Waals surface area contributed by atoms with E-state index >= 15 is 0 Å². The number of Topliss-reactive ketones (excluding diaryl/α,β-unsaturated/α-hetero) is 5. The molecule has 1 aliphatic rings. The first-order valence-corrected chi connectivity index (χ1v) is 14.2. The first-order chi connectivity index (χ1) is 17.5. The molecule has 0 bridgehead atoms. The molecule has 0 radical (unpaired) electrons. The van der Waals surface area contributed by atoms with Gasteiger partial charge in [0.05, 0.1) is 12.8 Å². The van der Waals surface area contributed by atoms with Gasteiger partial charge in [0.2, 0.25) is 0 Å². The van der Waals surface area contributed by atoms with E-state index in [0.29, 0.717) is 25.2 Å². The molecule has 1 aliphatic carbocycles. The first-order valence-electron chi connectivity index (χ1n) is 14.2. The zero-order valence-corrected chi connectivity index (χ0v) is 24.2. The van der Waals surface area contributed by atoms with Gasteiger partial charge in [-0.25, -0.2) is 0 Å². The molecule has 0 saturated carbocycles. The van der Waals surface area contributed by atoms with Crippen molar-refractivity contribution in [1.82, 2.24) is 0 Å². The summed E-state index contributed by atoms with van der Waals surface area (Å²) < 4.78 is 0. The molecule has 0 fully saturated rings. The highest BCUT2D eigenvalue weighted by atomic mass is 16.2. The van der Waals surface area contributed by atoms with Crippen molar-refractivity contribution in [1.29, 1.82) is 0 Å². The number of hydrogen-bond donors (Lipinski definition) is 0. The largest absolute Gasteiger partial charge is 0.300 e. The lowest BCUT2D eigenvalue weighted by Crippen LogP contribution is -2.27. The lowest BCUT2D eigenvalue weighted by atomic mass is 9.72. The van der Waals surface area contributed by atoms with Crippen molar-refractivity contribution >= 4 is 28.9 Å². The van der Waals surface area contributed by atoms with Gasteiger partial charge in [-0.1, -0.05) is 66.0 Å². The van der Waals surface area contributed by atoms with Gasteiger partial charge in [0, 0.05) is 31.2 Å². The van der Waals surface area contributed by atoms with Crippen molar-refractivity contribution in [2.75, 3.05) is 0 Å². The van der Waals surface area contributed by atoms with E-state index < -0.39 is 0 Å². The van der Waals surface area contributed by atoms with Crippen LogP contribution in [0.4, 0.5) is 0 Å². The SMILES string of the molecule is CCC.CCC(=O)CC(=O)Cc1ccc2c(c1C)C(=O)CC(CC(CC(=O)CC(C)=O)C(CC)CC)C2. The van der Waals surface area contributed by atoms with Crippen LogP contribution in [-0.2, 0) is 32.0 Å². The molecule has 0 spiro atoms. The average Bonchev–Trinajstić information content (AvgIpc) is 2.81. The van der Waals surface area contributed by atoms with Gasteiger partial charge in [-0.3, -0.25) is 24.0 Å². The fraction of sp³-hybridized carbons (Fsp3) is 0.656. The second kappa shape index (κ2) is 16.4. The number of carbonyl (C=O) groups is 5. The van der Waals surface area contributed by atoms with Gasteiger partial charge in [0.1, 0.15) is 23.1 Å². The molecule has 37 heavy (non-hydrogen) atoms. The molecular weight excluding hydrogens is 464 g/mol. The van der Waals surface area contributed by atoms with Crippen LogP contribution in [0.1, 0.15) is 126 Å². The highest BCUT2D eigenvalue weighted by molar-refractivity contribution is 6.02. The zero-order chi connectivity index (χ0) is 28.1. The van der Waals surface area contributed by atoms with Gasteiger partial charge < -0.3 is 0 Å². The number of ketones is 5. The van der Waals surface area contributed by atoms with Crippen LogP contribution in [0.25, 0.3) is 0 Å². The molecule has 1 aromatic carbocycles. The van der Waals surface area contributed by atoms with E-state index in [4.69, 9.17) is 0 Å². The van der Waals surface area contributed by atoms with E-state index in [1.807, 2.05) is 19.1 Å². The standard InChI is InChI=1S/C29H40O5.C3H8/c1-6-21(7-2)24(16-26(32)11-18(4)30)13-20-12-23-10-9-22(15-27(33)17-25(31)8-3)19(5)29(23)28(34)14-20;1-3-2/h9-10,20-21,24H,6-8,11-17H2,1-5H3;3H2,1-2H3. The summed E-state index contributed by atoms with van der Waals surface area (Å²) in [6.45, 7) is 13.6. The summed E-state index contributed by atoms with van der Waals surface area (Å²) in [6, 6.07) is 3.89. The Bertz CT molecular complexity index is 954. The normalized spacial score (nSPS) is 15.5. The van der Waals surface area contributed by atoms with Crippen molar-refractivity contribution in [2.45, 2.75) is 119 Å². The smallest absolute Gasteiger partial charge is 0.163 e. The van der Waals surface area contributed by atoms with E-state index in [0.717, 1.165) is 47.9 Å². The number of hydrogen-bond acceptors (Lipinski definition) is 5. The van der Waals surface area contributed by atoms with Gasteiger partial charge in [0.15, 0.2) is 5.78 Å². The minimum absolute atomic E-state index is 0.00126. The van der Waals surface area contributed by atoms with Gasteiger partial charge in [-0.2, -0.15) is 0 Å². The molecule has 5 heteroatoms. The number of benzene rings is 1. The van der Waals surface area contributed by atoms with Crippen LogP contribution < -0.4 is 0 Å². The molecule has 0 N–H and O–H groups in total. The molecule has 2 atom stereocenters. The van der Waals surface area contributed by atoms with Crippen molar-refractivity contribution < 1.29 is 24.0 Å². The number of carbonyl (C=O) groups excluding carboxylic acids is 5. The average molecular weight is 513 g/mol. The van der Waals surface area contributed by atoms with Gasteiger partial charge in [-0.05, 0) is 61.1 Å². The van der Waals surface area contributed by atoms with E-state index in [1.165, 1.54) is 13.3 Å². The van der Waals surface area contributed by atoms with Crippen molar-refractivity contribution in [3.8, 4) is 0 Å². The lowest BCUT2D eigenvalue weighted by molar-refractivity contribution is -0.128. The maximum absolute atomic E-state index is 13.2. The molecule has 0 aromatic heterocycles. The quantitative estimate of drug-likeness (QED) is 0.250. The minimum atomic E-state index is -0.112. The summed E-state index contributed by atoms with van der Waals surface area (Å²) in [5, 5.41) is 0. The molecule has 1 aromatic rings. The van der Waals surface area contributed by atoms with Crippen molar-refractivity contribution in [3.05, 3.63) is 34.4 Å². The minimum Gasteiger partial charge on any atom is -0.300 e. The lowest BCUT2D eigenvalue weighted by Gasteiger charge is -2.32. The Morgan fingerprint density at radius 3 is 2.03 bits per heavy atom. The fourth-order valence-electron chi connectivity index (χ4n) is 5.56. The summed E-state index contributed by atoms with van der Waals surface area (Å²) in [4.78, 5) is 60.9. The second-order valence-corrected chi connectivity index (χ2v) is 10.8. The Morgan fingerprint density at radius 2 is 1.49 bits per heavy atom. The van der Waals surface area contributed by atoms with Crippen LogP contribution >= 0.6 is 0 Å². The molecular formula is C32H48O5. The Labute approximate surface area is 224 Å². The summed E-state index contributed by atoms with van der Waals surface area (Å²) in [6.07, 6.45) is 6.10. The monoisotopic (exact) mass is 512 g/mol. The maximum Gasteiger partial charge on any atom is 0.163 e. The Morgan fingerprint density at radius 1 is 0.865 bits per heavy atom.